The zero-order chi connectivity index (χ0) is 14.3. The maximum Gasteiger partial charge on any atom is 0.260 e. The van der Waals surface area contributed by atoms with E-state index < -0.39 is 0 Å². The Hall–Kier alpha value is -2.14. The Bertz CT molecular complexity index is 801. The average molecular weight is 286 g/mol. The van der Waals surface area contributed by atoms with Crippen LogP contribution in [-0.2, 0) is 0 Å². The molecule has 4 nitrogen and oxygen atoms in total. The molecule has 0 aliphatic carbocycles. The largest absolute Gasteiger partial charge is 0.469 e. The Morgan fingerprint density at radius 3 is 2.80 bits per heavy atom. The number of anilines is 1. The third-order valence-corrected chi connectivity index (χ3v) is 4.07. The van der Waals surface area contributed by atoms with Crippen molar-refractivity contribution in [3.63, 3.8) is 0 Å². The van der Waals surface area contributed by atoms with Gasteiger partial charge < -0.3 is 4.42 Å². The van der Waals surface area contributed by atoms with Crippen molar-refractivity contribution in [1.82, 2.24) is 4.98 Å². The highest BCUT2D eigenvalue weighted by molar-refractivity contribution is 7.22. The van der Waals surface area contributed by atoms with Gasteiger partial charge in [-0.25, -0.2) is 4.98 Å². The van der Waals surface area contributed by atoms with E-state index in [9.17, 15) is 4.79 Å². The molecular formula is C15H14N2O2S. The summed E-state index contributed by atoms with van der Waals surface area (Å²) in [6.45, 7) is 5.85. The summed E-state index contributed by atoms with van der Waals surface area (Å²) in [6.07, 6.45) is 1.51. The van der Waals surface area contributed by atoms with E-state index in [2.05, 4.69) is 29.4 Å². The van der Waals surface area contributed by atoms with Gasteiger partial charge in [-0.15, -0.1) is 0 Å². The first kappa shape index (κ1) is 12.9. The van der Waals surface area contributed by atoms with Crippen molar-refractivity contribution in [2.24, 2.45) is 0 Å². The number of carbonyl (C=O) groups excluding carboxylic acids is 1. The molecule has 1 N–H and O–H groups in total. The Morgan fingerprint density at radius 1 is 1.30 bits per heavy atom. The molecule has 0 atom stereocenters. The number of furan rings is 1. The molecule has 0 fully saturated rings. The van der Waals surface area contributed by atoms with Crippen LogP contribution in [0.3, 0.4) is 0 Å². The van der Waals surface area contributed by atoms with Gasteiger partial charge in [-0.05, 0) is 44.0 Å². The van der Waals surface area contributed by atoms with Crippen LogP contribution in [0.25, 0.3) is 10.2 Å². The van der Waals surface area contributed by atoms with Gasteiger partial charge in [-0.2, -0.15) is 0 Å². The highest BCUT2D eigenvalue weighted by Crippen LogP contribution is 2.29. The van der Waals surface area contributed by atoms with E-state index >= 15 is 0 Å². The second kappa shape index (κ2) is 4.76. The zero-order valence-electron chi connectivity index (χ0n) is 11.5. The van der Waals surface area contributed by atoms with Gasteiger partial charge in [0, 0.05) is 0 Å². The molecule has 0 bridgehead atoms. The molecule has 3 rings (SSSR count). The zero-order valence-corrected chi connectivity index (χ0v) is 12.3. The minimum atomic E-state index is -0.190. The summed E-state index contributed by atoms with van der Waals surface area (Å²) in [5, 5.41) is 3.44. The van der Waals surface area contributed by atoms with Crippen molar-refractivity contribution in [2.75, 3.05) is 5.32 Å². The molecule has 0 saturated heterocycles. The fourth-order valence-corrected chi connectivity index (χ4v) is 3.25. The van der Waals surface area contributed by atoms with Crippen molar-refractivity contribution in [3.8, 4) is 0 Å². The summed E-state index contributed by atoms with van der Waals surface area (Å²) >= 11 is 1.48. The van der Waals surface area contributed by atoms with Gasteiger partial charge >= 0.3 is 0 Å². The molecule has 0 aliphatic heterocycles. The van der Waals surface area contributed by atoms with Crippen molar-refractivity contribution < 1.29 is 9.21 Å². The van der Waals surface area contributed by atoms with E-state index in [0.29, 0.717) is 16.5 Å². The third kappa shape index (κ3) is 2.20. The number of aryl methyl sites for hydroxylation is 3. The van der Waals surface area contributed by atoms with E-state index in [4.69, 9.17) is 4.42 Å². The molecular weight excluding hydrogens is 272 g/mol. The van der Waals surface area contributed by atoms with Crippen LogP contribution in [0.15, 0.2) is 28.9 Å². The normalized spacial score (nSPS) is 10.9. The van der Waals surface area contributed by atoms with Crippen LogP contribution >= 0.6 is 11.3 Å². The smallest absolute Gasteiger partial charge is 0.260 e. The average Bonchev–Trinajstić information content (AvgIpc) is 2.95. The monoisotopic (exact) mass is 286 g/mol. The molecule has 1 aromatic carbocycles. The number of rotatable bonds is 2. The number of aromatic nitrogens is 1. The van der Waals surface area contributed by atoms with E-state index in [1.807, 2.05) is 6.92 Å². The molecule has 5 heteroatoms. The van der Waals surface area contributed by atoms with Crippen LogP contribution in [0.1, 0.15) is 27.2 Å². The molecule has 1 amide bonds. The number of amides is 1. The van der Waals surface area contributed by atoms with Crippen LogP contribution in [0.2, 0.25) is 0 Å². The summed E-state index contributed by atoms with van der Waals surface area (Å²) in [4.78, 5) is 16.6. The molecule has 2 heterocycles. The summed E-state index contributed by atoms with van der Waals surface area (Å²) < 4.78 is 6.22. The van der Waals surface area contributed by atoms with E-state index in [1.54, 1.807) is 13.0 Å². The van der Waals surface area contributed by atoms with E-state index in [1.165, 1.54) is 23.2 Å². The van der Waals surface area contributed by atoms with Crippen LogP contribution in [-0.4, -0.2) is 10.9 Å². The number of thiazole rings is 1. The molecule has 0 unspecified atom stereocenters. The number of hydrogen-bond acceptors (Lipinski definition) is 4. The van der Waals surface area contributed by atoms with E-state index in [0.717, 1.165) is 15.8 Å². The molecule has 102 valence electrons. The first-order chi connectivity index (χ1) is 9.54. The Balaban J connectivity index is 1.94. The standard InChI is InChI=1S/C15H14N2O2S/c1-8-6-9(2)13-12(7-8)20-15(16-13)17-14(18)11-4-5-19-10(11)3/h4-7H,1-3H3,(H,16,17,18). The number of carbonyl (C=O) groups is 1. The third-order valence-electron chi connectivity index (χ3n) is 3.15. The fourth-order valence-electron chi connectivity index (χ4n) is 2.21. The van der Waals surface area contributed by atoms with Gasteiger partial charge in [-0.3, -0.25) is 10.1 Å². The summed E-state index contributed by atoms with van der Waals surface area (Å²) in [6, 6.07) is 5.83. The lowest BCUT2D eigenvalue weighted by Crippen LogP contribution is -2.11. The number of hydrogen-bond donors (Lipinski definition) is 1. The SMILES string of the molecule is Cc1cc(C)c2nc(NC(=O)c3ccoc3C)sc2c1. The predicted octanol–water partition coefficient (Wildman–Crippen LogP) is 4.07. The van der Waals surface area contributed by atoms with Gasteiger partial charge in [0.2, 0.25) is 0 Å². The fraction of sp³-hybridized carbons (Fsp3) is 0.200. The van der Waals surface area contributed by atoms with Crippen LogP contribution < -0.4 is 5.32 Å². The Morgan fingerprint density at radius 2 is 2.10 bits per heavy atom. The lowest BCUT2D eigenvalue weighted by Gasteiger charge is -1.98. The first-order valence-electron chi connectivity index (χ1n) is 6.28. The second-order valence-corrected chi connectivity index (χ2v) is 5.82. The number of benzene rings is 1. The predicted molar refractivity (Wildman–Crippen MR) is 80.5 cm³/mol. The minimum absolute atomic E-state index is 0.190. The Labute approximate surface area is 120 Å². The maximum atomic E-state index is 12.1. The van der Waals surface area contributed by atoms with Gasteiger partial charge in [-0.1, -0.05) is 17.4 Å². The van der Waals surface area contributed by atoms with Gasteiger partial charge in [0.25, 0.3) is 5.91 Å². The highest BCUT2D eigenvalue weighted by atomic mass is 32.1. The first-order valence-corrected chi connectivity index (χ1v) is 7.09. The quantitative estimate of drug-likeness (QED) is 0.772. The van der Waals surface area contributed by atoms with Crippen molar-refractivity contribution in [2.45, 2.75) is 20.8 Å². The number of nitrogens with one attached hydrogen (secondary N) is 1. The summed E-state index contributed by atoms with van der Waals surface area (Å²) in [7, 11) is 0. The molecule has 20 heavy (non-hydrogen) atoms. The van der Waals surface area contributed by atoms with E-state index in [-0.39, 0.29) is 5.91 Å². The number of nitrogens with zero attached hydrogens (tertiary/aromatic N) is 1. The molecule has 0 aliphatic rings. The highest BCUT2D eigenvalue weighted by Gasteiger charge is 2.14. The van der Waals surface area contributed by atoms with Gasteiger partial charge in [0.05, 0.1) is 22.0 Å². The van der Waals surface area contributed by atoms with Gasteiger partial charge in [0.15, 0.2) is 5.13 Å². The Kier molecular flexibility index (Phi) is 3.06. The van der Waals surface area contributed by atoms with Crippen molar-refractivity contribution in [1.29, 1.82) is 0 Å². The maximum absolute atomic E-state index is 12.1. The van der Waals surface area contributed by atoms with Crippen LogP contribution in [0, 0.1) is 20.8 Å². The van der Waals surface area contributed by atoms with Crippen molar-refractivity contribution >= 4 is 32.6 Å². The molecule has 3 aromatic rings. The van der Waals surface area contributed by atoms with Gasteiger partial charge in [0.1, 0.15) is 5.76 Å². The molecule has 2 aromatic heterocycles. The summed E-state index contributed by atoms with van der Waals surface area (Å²) in [5.74, 6) is 0.417. The summed E-state index contributed by atoms with van der Waals surface area (Å²) in [5.41, 5.74) is 3.80. The molecule has 0 radical (unpaired) electrons. The minimum Gasteiger partial charge on any atom is -0.469 e. The second-order valence-electron chi connectivity index (χ2n) is 4.79. The topological polar surface area (TPSA) is 55.1 Å². The lowest BCUT2D eigenvalue weighted by molar-refractivity contribution is 0.102. The molecule has 0 spiro atoms. The van der Waals surface area contributed by atoms with Crippen LogP contribution in [0.4, 0.5) is 5.13 Å². The van der Waals surface area contributed by atoms with Crippen LogP contribution in [0.5, 0.6) is 0 Å². The number of fused-ring (bicyclic) bond motifs is 1. The lowest BCUT2D eigenvalue weighted by atomic mass is 10.1. The van der Waals surface area contributed by atoms with Crippen molar-refractivity contribution in [3.05, 3.63) is 46.9 Å². The molecule has 0 saturated carbocycles.